The number of aliphatic carboxylic acids is 1. The van der Waals surface area contributed by atoms with Crippen molar-refractivity contribution < 1.29 is 14.3 Å². The van der Waals surface area contributed by atoms with E-state index in [1.807, 2.05) is 42.3 Å². The second kappa shape index (κ2) is 6.81. The zero-order chi connectivity index (χ0) is 14.4. The van der Waals surface area contributed by atoms with Crippen LogP contribution in [0.2, 0.25) is 0 Å². The molecule has 0 aliphatic carbocycles. The smallest absolute Gasteiger partial charge is 0.303 e. The summed E-state index contributed by atoms with van der Waals surface area (Å²) in [5, 5.41) is 16.6. The summed E-state index contributed by atoms with van der Waals surface area (Å²) in [5.74, 6) is 0.253. The molecule has 0 saturated carbocycles. The highest BCUT2D eigenvalue weighted by molar-refractivity contribution is 5.66. The second-order valence-electron chi connectivity index (χ2n) is 4.60. The van der Waals surface area contributed by atoms with Gasteiger partial charge in [-0.15, -0.1) is 10.2 Å². The first kappa shape index (κ1) is 14.2. The lowest BCUT2D eigenvalue weighted by Gasteiger charge is -2.12. The van der Waals surface area contributed by atoms with E-state index in [0.29, 0.717) is 31.3 Å². The molecule has 0 atom stereocenters. The first-order valence-corrected chi connectivity index (χ1v) is 6.43. The molecule has 0 aliphatic rings. The molecule has 1 heterocycles. The molecule has 6 heteroatoms. The Labute approximate surface area is 117 Å². The van der Waals surface area contributed by atoms with Crippen LogP contribution in [0.25, 0.3) is 11.5 Å². The van der Waals surface area contributed by atoms with Crippen LogP contribution in [-0.2, 0) is 11.3 Å². The van der Waals surface area contributed by atoms with Crippen LogP contribution >= 0.6 is 0 Å². The Morgan fingerprint density at radius 1 is 1.30 bits per heavy atom. The zero-order valence-corrected chi connectivity index (χ0v) is 11.3. The van der Waals surface area contributed by atoms with Gasteiger partial charge >= 0.3 is 5.97 Å². The van der Waals surface area contributed by atoms with E-state index in [1.54, 1.807) is 0 Å². The molecule has 0 unspecified atom stereocenters. The van der Waals surface area contributed by atoms with Crippen molar-refractivity contribution in [3.63, 3.8) is 0 Å². The van der Waals surface area contributed by atoms with Gasteiger partial charge in [0.15, 0.2) is 0 Å². The van der Waals surface area contributed by atoms with E-state index >= 15 is 0 Å². The summed E-state index contributed by atoms with van der Waals surface area (Å²) < 4.78 is 5.59. The summed E-state index contributed by atoms with van der Waals surface area (Å²) in [7, 11) is 1.90. The predicted molar refractivity (Wildman–Crippen MR) is 72.9 cm³/mol. The number of hydrogen-bond donors (Lipinski definition) is 1. The molecule has 20 heavy (non-hydrogen) atoms. The first-order valence-electron chi connectivity index (χ1n) is 6.43. The number of aromatic nitrogens is 2. The van der Waals surface area contributed by atoms with Crippen LogP contribution in [0.4, 0.5) is 0 Å². The second-order valence-corrected chi connectivity index (χ2v) is 4.60. The molecule has 0 fully saturated rings. The number of benzene rings is 1. The number of carbonyl (C=O) groups is 1. The van der Waals surface area contributed by atoms with Crippen LogP contribution in [-0.4, -0.2) is 39.8 Å². The van der Waals surface area contributed by atoms with Gasteiger partial charge in [-0.25, -0.2) is 0 Å². The molecule has 6 nitrogen and oxygen atoms in total. The molecule has 0 bridgehead atoms. The Kier molecular flexibility index (Phi) is 4.84. The third-order valence-corrected chi connectivity index (χ3v) is 2.82. The summed E-state index contributed by atoms with van der Waals surface area (Å²) in [5.41, 5.74) is 0.889. The van der Waals surface area contributed by atoms with Gasteiger partial charge in [0.25, 0.3) is 0 Å². The average Bonchev–Trinajstić information content (AvgIpc) is 2.88. The molecule has 0 spiro atoms. The van der Waals surface area contributed by atoms with Gasteiger partial charge in [0.05, 0.1) is 6.54 Å². The Morgan fingerprint density at radius 3 is 2.75 bits per heavy atom. The Bertz CT molecular complexity index is 554. The molecule has 1 aromatic carbocycles. The van der Waals surface area contributed by atoms with Gasteiger partial charge in [-0.2, -0.15) is 0 Å². The van der Waals surface area contributed by atoms with Crippen LogP contribution in [0.3, 0.4) is 0 Å². The van der Waals surface area contributed by atoms with Crippen LogP contribution in [0.15, 0.2) is 34.7 Å². The molecule has 2 aromatic rings. The Hall–Kier alpha value is -2.21. The van der Waals surface area contributed by atoms with Gasteiger partial charge in [0, 0.05) is 12.0 Å². The fraction of sp³-hybridized carbons (Fsp3) is 0.357. The minimum absolute atomic E-state index is 0.170. The molecule has 1 N–H and O–H groups in total. The predicted octanol–water partition coefficient (Wildman–Crippen LogP) is 2.03. The van der Waals surface area contributed by atoms with E-state index in [2.05, 4.69) is 10.2 Å². The summed E-state index contributed by atoms with van der Waals surface area (Å²) >= 11 is 0. The van der Waals surface area contributed by atoms with E-state index in [0.717, 1.165) is 5.56 Å². The molecular weight excluding hydrogens is 258 g/mol. The fourth-order valence-electron chi connectivity index (χ4n) is 1.83. The van der Waals surface area contributed by atoms with E-state index in [4.69, 9.17) is 9.52 Å². The SMILES string of the molecule is CN(CCCC(=O)O)Cc1nnc(-c2ccccc2)o1. The number of carboxylic acids is 1. The summed E-state index contributed by atoms with van der Waals surface area (Å²) in [4.78, 5) is 12.4. The van der Waals surface area contributed by atoms with Crippen LogP contribution in [0.1, 0.15) is 18.7 Å². The third-order valence-electron chi connectivity index (χ3n) is 2.82. The van der Waals surface area contributed by atoms with E-state index in [-0.39, 0.29) is 6.42 Å². The van der Waals surface area contributed by atoms with Gasteiger partial charge in [0.2, 0.25) is 11.8 Å². The molecule has 0 radical (unpaired) electrons. The standard InChI is InChI=1S/C14H17N3O3/c1-17(9-5-8-13(18)19)10-12-15-16-14(20-12)11-6-3-2-4-7-11/h2-4,6-7H,5,8-10H2,1H3,(H,18,19). The number of carboxylic acid groups (broad SMARTS) is 1. The van der Waals surface area contributed by atoms with Crippen molar-refractivity contribution in [2.45, 2.75) is 19.4 Å². The maximum Gasteiger partial charge on any atom is 0.303 e. The summed E-state index contributed by atoms with van der Waals surface area (Å²) in [6, 6.07) is 9.58. The van der Waals surface area contributed by atoms with Crippen LogP contribution < -0.4 is 0 Å². The molecule has 0 amide bonds. The van der Waals surface area contributed by atoms with Crippen molar-refractivity contribution in [1.29, 1.82) is 0 Å². The first-order chi connectivity index (χ1) is 9.65. The summed E-state index contributed by atoms with van der Waals surface area (Å²) in [6.45, 7) is 1.19. The highest BCUT2D eigenvalue weighted by Crippen LogP contribution is 2.17. The number of hydrogen-bond acceptors (Lipinski definition) is 5. The molecule has 2 rings (SSSR count). The lowest BCUT2D eigenvalue weighted by Crippen LogP contribution is -2.20. The molecule has 1 aromatic heterocycles. The quantitative estimate of drug-likeness (QED) is 0.833. The lowest BCUT2D eigenvalue weighted by molar-refractivity contribution is -0.137. The largest absolute Gasteiger partial charge is 0.481 e. The third kappa shape index (κ3) is 4.17. The van der Waals surface area contributed by atoms with Crippen molar-refractivity contribution in [3.8, 4) is 11.5 Å². The van der Waals surface area contributed by atoms with Crippen molar-refractivity contribution >= 4 is 5.97 Å². The Morgan fingerprint density at radius 2 is 2.05 bits per heavy atom. The van der Waals surface area contributed by atoms with Crippen molar-refractivity contribution in [2.24, 2.45) is 0 Å². The molecule has 0 saturated heterocycles. The van der Waals surface area contributed by atoms with E-state index in [1.165, 1.54) is 0 Å². The number of rotatable bonds is 7. The maximum absolute atomic E-state index is 10.4. The van der Waals surface area contributed by atoms with Gasteiger partial charge in [-0.3, -0.25) is 9.69 Å². The normalized spacial score (nSPS) is 10.9. The average molecular weight is 275 g/mol. The van der Waals surface area contributed by atoms with Crippen LogP contribution in [0, 0.1) is 0 Å². The molecular formula is C14H17N3O3. The minimum Gasteiger partial charge on any atom is -0.481 e. The fourth-order valence-corrected chi connectivity index (χ4v) is 1.83. The topological polar surface area (TPSA) is 79.5 Å². The molecule has 106 valence electrons. The van der Waals surface area contributed by atoms with Gasteiger partial charge < -0.3 is 9.52 Å². The van der Waals surface area contributed by atoms with Crippen molar-refractivity contribution in [1.82, 2.24) is 15.1 Å². The van der Waals surface area contributed by atoms with Gasteiger partial charge in [0.1, 0.15) is 0 Å². The lowest BCUT2D eigenvalue weighted by atomic mass is 10.2. The van der Waals surface area contributed by atoms with E-state index in [9.17, 15) is 4.79 Å². The highest BCUT2D eigenvalue weighted by Gasteiger charge is 2.10. The monoisotopic (exact) mass is 275 g/mol. The maximum atomic E-state index is 10.4. The van der Waals surface area contributed by atoms with E-state index < -0.39 is 5.97 Å². The summed E-state index contributed by atoms with van der Waals surface area (Å²) in [6.07, 6.45) is 0.773. The van der Waals surface area contributed by atoms with Crippen molar-refractivity contribution in [2.75, 3.05) is 13.6 Å². The number of nitrogens with zero attached hydrogens (tertiary/aromatic N) is 3. The zero-order valence-electron chi connectivity index (χ0n) is 11.3. The van der Waals surface area contributed by atoms with Crippen molar-refractivity contribution in [3.05, 3.63) is 36.2 Å². The Balaban J connectivity index is 1.88. The minimum atomic E-state index is -0.775. The van der Waals surface area contributed by atoms with Gasteiger partial charge in [-0.05, 0) is 32.1 Å². The molecule has 0 aliphatic heterocycles. The highest BCUT2D eigenvalue weighted by atomic mass is 16.4. The van der Waals surface area contributed by atoms with Gasteiger partial charge in [-0.1, -0.05) is 18.2 Å². The van der Waals surface area contributed by atoms with Crippen LogP contribution in [0.5, 0.6) is 0 Å².